The van der Waals surface area contributed by atoms with Crippen LogP contribution < -0.4 is 10.2 Å². The standard InChI is InChI=1S/C20H17FN4O4/c1-24-16-10-13(12-4-2-11(3-5-12)8-18(27)28)15(21)9-14(16)19(23-24)25-7-6-17(26)22-20(25)29/h2-5,9-10H,6-8H2,1H3,(H,27,28)(H,22,26,29). The fourth-order valence-electron chi connectivity index (χ4n) is 3.42. The van der Waals surface area contributed by atoms with Crippen LogP contribution in [0.5, 0.6) is 0 Å². The number of carboxylic acids is 1. The van der Waals surface area contributed by atoms with Crippen LogP contribution in [0.15, 0.2) is 36.4 Å². The Morgan fingerprint density at radius 2 is 1.97 bits per heavy atom. The van der Waals surface area contributed by atoms with Crippen molar-refractivity contribution in [1.29, 1.82) is 0 Å². The lowest BCUT2D eigenvalue weighted by molar-refractivity contribution is -0.136. The highest BCUT2D eigenvalue weighted by Gasteiger charge is 2.28. The zero-order valence-corrected chi connectivity index (χ0v) is 15.5. The van der Waals surface area contributed by atoms with Crippen LogP contribution >= 0.6 is 0 Å². The number of halogens is 1. The first-order chi connectivity index (χ1) is 13.8. The Labute approximate surface area is 164 Å². The van der Waals surface area contributed by atoms with Crippen molar-refractivity contribution in [2.45, 2.75) is 12.8 Å². The molecule has 2 N–H and O–H groups in total. The van der Waals surface area contributed by atoms with Gasteiger partial charge in [0.25, 0.3) is 0 Å². The SMILES string of the molecule is Cn1nc(N2CCC(=O)NC2=O)c2cc(F)c(-c3ccc(CC(=O)O)cc3)cc21. The second kappa shape index (κ2) is 7.01. The Hall–Kier alpha value is -3.75. The number of carbonyl (C=O) groups excluding carboxylic acids is 2. The van der Waals surface area contributed by atoms with E-state index in [9.17, 15) is 18.8 Å². The molecule has 2 aromatic carbocycles. The summed E-state index contributed by atoms with van der Waals surface area (Å²) in [6, 6.07) is 9.02. The maximum atomic E-state index is 14.9. The number of carboxylic acid groups (broad SMARTS) is 1. The maximum Gasteiger partial charge on any atom is 0.329 e. The molecule has 3 amide bonds. The molecular weight excluding hydrogens is 379 g/mol. The number of anilines is 1. The average molecular weight is 396 g/mol. The Kier molecular flexibility index (Phi) is 4.50. The van der Waals surface area contributed by atoms with Crippen LogP contribution in [0.1, 0.15) is 12.0 Å². The normalized spacial score (nSPS) is 14.3. The summed E-state index contributed by atoms with van der Waals surface area (Å²) in [6.07, 6.45) is 0.0420. The number of imide groups is 1. The van der Waals surface area contributed by atoms with E-state index in [0.717, 1.165) is 0 Å². The molecule has 1 fully saturated rings. The number of aryl methyl sites for hydroxylation is 1. The van der Waals surface area contributed by atoms with E-state index in [-0.39, 0.29) is 31.1 Å². The molecule has 0 aliphatic carbocycles. The molecule has 0 atom stereocenters. The van der Waals surface area contributed by atoms with Crippen LogP contribution in [-0.2, 0) is 23.1 Å². The molecule has 29 heavy (non-hydrogen) atoms. The van der Waals surface area contributed by atoms with Gasteiger partial charge in [-0.25, -0.2) is 9.18 Å². The molecule has 3 aromatic rings. The minimum absolute atomic E-state index is 0.104. The van der Waals surface area contributed by atoms with E-state index in [0.29, 0.717) is 27.6 Å². The van der Waals surface area contributed by atoms with E-state index in [1.165, 1.54) is 11.0 Å². The van der Waals surface area contributed by atoms with Crippen molar-refractivity contribution in [3.63, 3.8) is 0 Å². The van der Waals surface area contributed by atoms with E-state index >= 15 is 0 Å². The Morgan fingerprint density at radius 3 is 2.62 bits per heavy atom. The zero-order chi connectivity index (χ0) is 20.7. The molecule has 0 radical (unpaired) electrons. The molecule has 1 aliphatic rings. The van der Waals surface area contributed by atoms with E-state index in [1.807, 2.05) is 0 Å². The van der Waals surface area contributed by atoms with Crippen LogP contribution in [0, 0.1) is 5.82 Å². The number of aromatic nitrogens is 2. The first kappa shape index (κ1) is 18.6. The molecule has 2 heterocycles. The number of nitrogens with one attached hydrogen (secondary N) is 1. The number of rotatable bonds is 4. The number of nitrogens with zero attached hydrogens (tertiary/aromatic N) is 3. The zero-order valence-electron chi connectivity index (χ0n) is 15.5. The molecule has 1 saturated heterocycles. The van der Waals surface area contributed by atoms with Crippen molar-refractivity contribution in [3.05, 3.63) is 47.8 Å². The smallest absolute Gasteiger partial charge is 0.329 e. The summed E-state index contributed by atoms with van der Waals surface area (Å²) in [6.45, 7) is 0.172. The summed E-state index contributed by atoms with van der Waals surface area (Å²) >= 11 is 0. The van der Waals surface area contributed by atoms with Crippen molar-refractivity contribution in [2.75, 3.05) is 11.4 Å². The van der Waals surface area contributed by atoms with Crippen LogP contribution in [0.4, 0.5) is 15.0 Å². The lowest BCUT2D eigenvalue weighted by Gasteiger charge is -2.24. The first-order valence-corrected chi connectivity index (χ1v) is 8.92. The lowest BCUT2D eigenvalue weighted by Crippen LogP contribution is -2.49. The summed E-state index contributed by atoms with van der Waals surface area (Å²) in [5.41, 5.74) is 2.18. The summed E-state index contributed by atoms with van der Waals surface area (Å²) in [5.74, 6) is -1.50. The van der Waals surface area contributed by atoms with Gasteiger partial charge < -0.3 is 5.11 Å². The highest BCUT2D eigenvalue weighted by molar-refractivity contribution is 6.09. The van der Waals surface area contributed by atoms with Gasteiger partial charge in [-0.3, -0.25) is 24.5 Å². The summed E-state index contributed by atoms with van der Waals surface area (Å²) in [7, 11) is 1.69. The molecule has 0 bridgehead atoms. The van der Waals surface area contributed by atoms with E-state index in [1.54, 1.807) is 42.1 Å². The quantitative estimate of drug-likeness (QED) is 0.705. The highest BCUT2D eigenvalue weighted by Crippen LogP contribution is 2.33. The first-order valence-electron chi connectivity index (χ1n) is 8.92. The number of fused-ring (bicyclic) bond motifs is 1. The average Bonchev–Trinajstić information content (AvgIpc) is 2.97. The minimum atomic E-state index is -0.934. The molecule has 4 rings (SSSR count). The number of carbonyl (C=O) groups is 3. The largest absolute Gasteiger partial charge is 0.481 e. The molecule has 9 heteroatoms. The van der Waals surface area contributed by atoms with Gasteiger partial charge >= 0.3 is 12.0 Å². The molecule has 148 valence electrons. The van der Waals surface area contributed by atoms with Gasteiger partial charge in [-0.1, -0.05) is 24.3 Å². The van der Waals surface area contributed by atoms with E-state index in [2.05, 4.69) is 10.4 Å². The predicted molar refractivity (Wildman–Crippen MR) is 103 cm³/mol. The summed E-state index contributed by atoms with van der Waals surface area (Å²) in [4.78, 5) is 35.7. The second-order valence-corrected chi connectivity index (χ2v) is 6.82. The predicted octanol–water partition coefficient (Wildman–Crippen LogP) is 2.45. The molecule has 0 unspecified atom stereocenters. The fourth-order valence-corrected chi connectivity index (χ4v) is 3.42. The van der Waals surface area contributed by atoms with E-state index in [4.69, 9.17) is 5.11 Å². The fraction of sp³-hybridized carbons (Fsp3) is 0.200. The number of hydrogen-bond donors (Lipinski definition) is 2. The van der Waals surface area contributed by atoms with Crippen LogP contribution in [0.25, 0.3) is 22.0 Å². The Bertz CT molecular complexity index is 1150. The van der Waals surface area contributed by atoms with Gasteiger partial charge in [0, 0.05) is 31.0 Å². The number of urea groups is 1. The lowest BCUT2D eigenvalue weighted by atomic mass is 10.0. The highest BCUT2D eigenvalue weighted by atomic mass is 19.1. The number of benzene rings is 2. The van der Waals surface area contributed by atoms with Gasteiger partial charge in [0.1, 0.15) is 5.82 Å². The summed E-state index contributed by atoms with van der Waals surface area (Å²) in [5, 5.41) is 15.9. The van der Waals surface area contributed by atoms with Gasteiger partial charge in [-0.15, -0.1) is 0 Å². The van der Waals surface area contributed by atoms with Crippen molar-refractivity contribution in [1.82, 2.24) is 15.1 Å². The van der Waals surface area contributed by atoms with Crippen molar-refractivity contribution < 1.29 is 23.9 Å². The monoisotopic (exact) mass is 396 g/mol. The molecular formula is C20H17FN4O4. The van der Waals surface area contributed by atoms with Gasteiger partial charge in [0.05, 0.1) is 11.9 Å². The van der Waals surface area contributed by atoms with Crippen molar-refractivity contribution >= 4 is 34.6 Å². The van der Waals surface area contributed by atoms with Crippen LogP contribution in [0.3, 0.4) is 0 Å². The minimum Gasteiger partial charge on any atom is -0.481 e. The van der Waals surface area contributed by atoms with E-state index < -0.39 is 17.8 Å². The number of aliphatic carboxylic acids is 1. The summed E-state index contributed by atoms with van der Waals surface area (Å²) < 4.78 is 16.5. The second-order valence-electron chi connectivity index (χ2n) is 6.82. The molecule has 1 aliphatic heterocycles. The number of amides is 3. The van der Waals surface area contributed by atoms with Gasteiger partial charge in [-0.2, -0.15) is 5.10 Å². The number of hydrogen-bond acceptors (Lipinski definition) is 4. The van der Waals surface area contributed by atoms with Crippen LogP contribution in [0.2, 0.25) is 0 Å². The third-order valence-electron chi connectivity index (χ3n) is 4.85. The maximum absolute atomic E-state index is 14.9. The molecule has 0 spiro atoms. The topological polar surface area (TPSA) is 105 Å². The van der Waals surface area contributed by atoms with Gasteiger partial charge in [-0.05, 0) is 23.3 Å². The van der Waals surface area contributed by atoms with Gasteiger partial charge in [0.2, 0.25) is 5.91 Å². The third-order valence-corrected chi connectivity index (χ3v) is 4.85. The Morgan fingerprint density at radius 1 is 1.24 bits per heavy atom. The molecule has 0 saturated carbocycles. The Balaban J connectivity index is 1.75. The van der Waals surface area contributed by atoms with Crippen LogP contribution in [-0.4, -0.2) is 39.3 Å². The van der Waals surface area contributed by atoms with Crippen molar-refractivity contribution in [3.8, 4) is 11.1 Å². The molecule has 1 aromatic heterocycles. The third kappa shape index (κ3) is 3.42. The van der Waals surface area contributed by atoms with Crippen molar-refractivity contribution in [2.24, 2.45) is 7.05 Å². The molecule has 8 nitrogen and oxygen atoms in total. The van der Waals surface area contributed by atoms with Gasteiger partial charge in [0.15, 0.2) is 5.82 Å².